The van der Waals surface area contributed by atoms with Crippen molar-refractivity contribution in [2.45, 2.75) is 76.4 Å². The van der Waals surface area contributed by atoms with Crippen LogP contribution in [0.2, 0.25) is 25.7 Å². The molecule has 10 nitrogen and oxygen atoms in total. The predicted molar refractivity (Wildman–Crippen MR) is 150 cm³/mol. The topological polar surface area (TPSA) is 116 Å². The molecule has 3 heterocycles. The van der Waals surface area contributed by atoms with Gasteiger partial charge in [0.05, 0.1) is 30.1 Å². The lowest BCUT2D eigenvalue weighted by atomic mass is 9.93. The average molecular weight is 545 g/mol. The molecule has 204 valence electrons. The Balaban J connectivity index is 1.36. The van der Waals surface area contributed by atoms with Gasteiger partial charge in [0, 0.05) is 32.0 Å². The lowest BCUT2D eigenvalue weighted by Crippen LogP contribution is -2.26. The van der Waals surface area contributed by atoms with Gasteiger partial charge in [0.15, 0.2) is 11.5 Å². The van der Waals surface area contributed by atoms with Gasteiger partial charge in [0.1, 0.15) is 12.6 Å². The lowest BCUT2D eigenvalue weighted by Gasteiger charge is -2.26. The molecule has 1 aromatic carbocycles. The van der Waals surface area contributed by atoms with E-state index in [1.807, 2.05) is 38.2 Å². The highest BCUT2D eigenvalue weighted by Gasteiger charge is 2.50. The van der Waals surface area contributed by atoms with E-state index < -0.39 is 13.7 Å². The highest BCUT2D eigenvalue weighted by atomic mass is 28.3. The molecule has 0 aliphatic heterocycles. The van der Waals surface area contributed by atoms with Crippen molar-refractivity contribution in [3.63, 3.8) is 0 Å². The molecule has 11 heteroatoms. The average Bonchev–Trinajstić information content (AvgIpc) is 3.36. The van der Waals surface area contributed by atoms with Gasteiger partial charge in [-0.25, -0.2) is 4.68 Å². The van der Waals surface area contributed by atoms with Gasteiger partial charge in [-0.1, -0.05) is 50.0 Å². The summed E-state index contributed by atoms with van der Waals surface area (Å²) in [6, 6.07) is 15.7. The largest absolute Gasteiger partial charge is 0.356 e. The zero-order valence-electron chi connectivity index (χ0n) is 23.4. The summed E-state index contributed by atoms with van der Waals surface area (Å²) in [4.78, 5) is 0. The predicted octanol–water partition coefficient (Wildman–Crippen LogP) is 4.94. The number of fused-ring (bicyclic) bond motifs is 1. The van der Waals surface area contributed by atoms with E-state index in [0.29, 0.717) is 18.8 Å². The molecule has 0 N–H and O–H groups in total. The molecule has 3 aromatic heterocycles. The Morgan fingerprint density at radius 3 is 2.54 bits per heavy atom. The van der Waals surface area contributed by atoms with E-state index in [4.69, 9.17) is 19.8 Å². The SMILES string of the molecule is CC(C)(OCOCC[Si](C)(C)C)c1cccn2c(C3(c4ccc(-c5nnnn5CCC#N)cc4)CC3)nnc12. The van der Waals surface area contributed by atoms with E-state index in [1.54, 1.807) is 4.68 Å². The second kappa shape index (κ2) is 10.6. The number of pyridine rings is 1. The van der Waals surface area contributed by atoms with Crippen molar-refractivity contribution in [3.05, 3.63) is 59.5 Å². The molecular weight excluding hydrogens is 508 g/mol. The summed E-state index contributed by atoms with van der Waals surface area (Å²) in [5.41, 5.74) is 3.12. The van der Waals surface area contributed by atoms with Crippen LogP contribution in [0.5, 0.6) is 0 Å². The van der Waals surface area contributed by atoms with Crippen molar-refractivity contribution in [1.82, 2.24) is 34.8 Å². The fraction of sp³-hybridized carbons (Fsp3) is 0.500. The molecule has 5 rings (SSSR count). The first-order valence-corrected chi connectivity index (χ1v) is 17.2. The minimum Gasteiger partial charge on any atom is -0.356 e. The molecule has 1 aliphatic carbocycles. The minimum atomic E-state index is -1.14. The molecular formula is C28H36N8O2Si. The minimum absolute atomic E-state index is 0.186. The summed E-state index contributed by atoms with van der Waals surface area (Å²) in [6.07, 6.45) is 4.39. The molecule has 0 radical (unpaired) electrons. The van der Waals surface area contributed by atoms with Crippen LogP contribution >= 0.6 is 0 Å². The van der Waals surface area contributed by atoms with E-state index in [0.717, 1.165) is 48.1 Å². The molecule has 0 saturated heterocycles. The maximum Gasteiger partial charge on any atom is 0.182 e. The summed E-state index contributed by atoms with van der Waals surface area (Å²) in [6.45, 7) is 12.6. The first kappa shape index (κ1) is 27.1. The Hall–Kier alpha value is -3.46. The van der Waals surface area contributed by atoms with Gasteiger partial charge >= 0.3 is 0 Å². The molecule has 0 unspecified atom stereocenters. The van der Waals surface area contributed by atoms with Gasteiger partial charge in [-0.3, -0.25) is 4.40 Å². The fourth-order valence-electron chi connectivity index (χ4n) is 4.84. The number of aromatic nitrogens is 7. The van der Waals surface area contributed by atoms with Gasteiger partial charge in [0.25, 0.3) is 0 Å². The van der Waals surface area contributed by atoms with E-state index in [1.165, 1.54) is 5.56 Å². The second-order valence-corrected chi connectivity index (χ2v) is 17.5. The molecule has 0 atom stereocenters. The zero-order valence-corrected chi connectivity index (χ0v) is 24.4. The highest BCUT2D eigenvalue weighted by Crippen LogP contribution is 2.53. The van der Waals surface area contributed by atoms with E-state index in [-0.39, 0.29) is 12.2 Å². The van der Waals surface area contributed by atoms with Crippen LogP contribution in [0, 0.1) is 11.3 Å². The number of aryl methyl sites for hydroxylation is 1. The van der Waals surface area contributed by atoms with Crippen LogP contribution in [-0.4, -0.2) is 56.3 Å². The smallest absolute Gasteiger partial charge is 0.182 e. The second-order valence-electron chi connectivity index (χ2n) is 11.9. The number of nitriles is 1. The molecule has 0 amide bonds. The number of tetrazole rings is 1. The van der Waals surface area contributed by atoms with Crippen molar-refractivity contribution in [1.29, 1.82) is 5.26 Å². The third-order valence-corrected chi connectivity index (χ3v) is 9.13. The molecule has 0 spiro atoms. The third kappa shape index (κ3) is 5.64. The summed E-state index contributed by atoms with van der Waals surface area (Å²) < 4.78 is 15.8. The van der Waals surface area contributed by atoms with Crippen molar-refractivity contribution in [2.75, 3.05) is 13.4 Å². The highest BCUT2D eigenvalue weighted by molar-refractivity contribution is 6.76. The Labute approximate surface area is 230 Å². The van der Waals surface area contributed by atoms with Crippen LogP contribution < -0.4 is 0 Å². The normalized spacial score (nSPS) is 15.0. The van der Waals surface area contributed by atoms with E-state index >= 15 is 0 Å². The van der Waals surface area contributed by atoms with Gasteiger partial charge in [-0.2, -0.15) is 5.26 Å². The monoisotopic (exact) mass is 544 g/mol. The lowest BCUT2D eigenvalue weighted by molar-refractivity contribution is -0.128. The van der Waals surface area contributed by atoms with Gasteiger partial charge < -0.3 is 9.47 Å². The fourth-order valence-corrected chi connectivity index (χ4v) is 5.60. The van der Waals surface area contributed by atoms with Crippen molar-refractivity contribution in [2.24, 2.45) is 0 Å². The number of hydrogen-bond donors (Lipinski definition) is 0. The number of benzene rings is 1. The van der Waals surface area contributed by atoms with Crippen molar-refractivity contribution in [3.8, 4) is 17.5 Å². The van der Waals surface area contributed by atoms with Crippen molar-refractivity contribution >= 4 is 13.7 Å². The Morgan fingerprint density at radius 2 is 1.85 bits per heavy atom. The van der Waals surface area contributed by atoms with Crippen LogP contribution in [0.4, 0.5) is 0 Å². The summed E-state index contributed by atoms with van der Waals surface area (Å²) in [7, 11) is -1.14. The van der Waals surface area contributed by atoms with Crippen LogP contribution in [-0.2, 0) is 27.0 Å². The van der Waals surface area contributed by atoms with Gasteiger partial charge in [-0.05, 0) is 54.8 Å². The Morgan fingerprint density at radius 1 is 1.08 bits per heavy atom. The van der Waals surface area contributed by atoms with Crippen molar-refractivity contribution < 1.29 is 9.47 Å². The van der Waals surface area contributed by atoms with Crippen LogP contribution in [0.3, 0.4) is 0 Å². The number of hydrogen-bond acceptors (Lipinski definition) is 8. The maximum atomic E-state index is 8.91. The Bertz CT molecular complexity index is 1480. The van der Waals surface area contributed by atoms with Crippen LogP contribution in [0.25, 0.3) is 17.0 Å². The molecule has 4 aromatic rings. The van der Waals surface area contributed by atoms with Gasteiger partial charge in [0.2, 0.25) is 0 Å². The van der Waals surface area contributed by atoms with Gasteiger partial charge in [-0.15, -0.1) is 15.3 Å². The van der Waals surface area contributed by atoms with Crippen LogP contribution in [0.1, 0.15) is 50.1 Å². The quantitative estimate of drug-likeness (QED) is 0.140. The Kier molecular flexibility index (Phi) is 7.37. The number of rotatable bonds is 12. The number of nitrogens with zero attached hydrogens (tertiary/aromatic N) is 8. The maximum absolute atomic E-state index is 8.91. The summed E-state index contributed by atoms with van der Waals surface area (Å²) in [5, 5.41) is 30.2. The molecule has 1 fully saturated rings. The van der Waals surface area contributed by atoms with E-state index in [9.17, 15) is 0 Å². The zero-order chi connectivity index (χ0) is 27.7. The van der Waals surface area contributed by atoms with E-state index in [2.05, 4.69) is 68.9 Å². The first-order valence-electron chi connectivity index (χ1n) is 13.5. The molecule has 39 heavy (non-hydrogen) atoms. The van der Waals surface area contributed by atoms with Crippen LogP contribution in [0.15, 0.2) is 42.6 Å². The third-order valence-electron chi connectivity index (χ3n) is 7.42. The first-order chi connectivity index (χ1) is 18.6. The standard InChI is InChI=1S/C28H36N8O2Si/c1-27(2,38-20-37-18-19-39(3,4)5)23-8-6-16-35-25(23)30-32-26(35)28(13-14-28)22-11-9-21(10-12-22)24-31-33-34-36(24)17-7-15-29/h6,8-12,16H,7,13-14,17-20H2,1-5H3. The molecule has 0 bridgehead atoms. The number of ether oxygens (including phenoxy) is 2. The molecule has 1 saturated carbocycles. The summed E-state index contributed by atoms with van der Waals surface area (Å²) >= 11 is 0. The summed E-state index contributed by atoms with van der Waals surface area (Å²) in [5.74, 6) is 1.60. The molecule has 1 aliphatic rings.